The van der Waals surface area contributed by atoms with Crippen molar-refractivity contribution in [1.82, 2.24) is 8.87 Å². The average Bonchev–Trinajstić information content (AvgIpc) is 3.08. The molecule has 0 radical (unpaired) electrons. The van der Waals surface area contributed by atoms with Gasteiger partial charge in [0.15, 0.2) is 4.80 Å². The highest BCUT2D eigenvalue weighted by Gasteiger charge is 2.21. The van der Waals surface area contributed by atoms with E-state index in [0.717, 1.165) is 11.1 Å². The molecule has 0 saturated carbocycles. The van der Waals surface area contributed by atoms with E-state index in [-0.39, 0.29) is 22.8 Å². The van der Waals surface area contributed by atoms with E-state index in [1.165, 1.54) is 59.1 Å². The quantitative estimate of drug-likeness (QED) is 0.445. The number of thiazole rings is 1. The first kappa shape index (κ1) is 22.1. The lowest BCUT2D eigenvalue weighted by Crippen LogP contribution is -2.26. The molecule has 0 atom stereocenters. The highest BCUT2D eigenvalue weighted by atomic mass is 32.2. The van der Waals surface area contributed by atoms with E-state index in [0.29, 0.717) is 9.50 Å². The van der Waals surface area contributed by atoms with Crippen LogP contribution in [0.4, 0.5) is 4.39 Å². The monoisotopic (exact) mass is 469 g/mol. The third-order valence-corrected chi connectivity index (χ3v) is 7.94. The minimum absolute atomic E-state index is 0.0929. The van der Waals surface area contributed by atoms with Gasteiger partial charge < -0.3 is 4.57 Å². The van der Waals surface area contributed by atoms with Gasteiger partial charge in [0, 0.05) is 26.2 Å². The Hall–Kier alpha value is -3.14. The Kier molecular flexibility index (Phi) is 6.05. The Morgan fingerprint density at radius 1 is 1.06 bits per heavy atom. The molecule has 0 N–H and O–H groups in total. The molecule has 0 aliphatic rings. The van der Waals surface area contributed by atoms with Crippen molar-refractivity contribution < 1.29 is 17.6 Å². The minimum atomic E-state index is -3.71. The molecule has 0 unspecified atom stereocenters. The van der Waals surface area contributed by atoms with Crippen molar-refractivity contribution >= 4 is 37.5 Å². The molecule has 0 saturated heterocycles. The smallest absolute Gasteiger partial charge is 0.279 e. The third kappa shape index (κ3) is 4.40. The van der Waals surface area contributed by atoms with Crippen LogP contribution in [-0.4, -0.2) is 30.2 Å². The molecule has 0 aliphatic carbocycles. The van der Waals surface area contributed by atoms with Gasteiger partial charge in [-0.05, 0) is 48.0 Å². The van der Waals surface area contributed by atoms with Crippen molar-refractivity contribution in [3.63, 3.8) is 0 Å². The number of rotatable bonds is 5. The number of aromatic nitrogens is 1. The summed E-state index contributed by atoms with van der Waals surface area (Å²) in [5.74, 6) is -0.861. The summed E-state index contributed by atoms with van der Waals surface area (Å²) in [5, 5.41) is 0. The highest BCUT2D eigenvalue weighted by molar-refractivity contribution is 7.89. The van der Waals surface area contributed by atoms with E-state index >= 15 is 0 Å². The van der Waals surface area contributed by atoms with Crippen LogP contribution in [0.25, 0.3) is 10.2 Å². The van der Waals surface area contributed by atoms with Crippen LogP contribution < -0.4 is 4.80 Å². The molecule has 1 amide bonds. The fourth-order valence-electron chi connectivity index (χ4n) is 3.24. The van der Waals surface area contributed by atoms with Crippen LogP contribution in [0.1, 0.15) is 15.9 Å². The second kappa shape index (κ2) is 8.78. The number of carbonyl (C=O) groups is 1. The Morgan fingerprint density at radius 2 is 1.75 bits per heavy atom. The highest BCUT2D eigenvalue weighted by Crippen LogP contribution is 2.19. The maximum atomic E-state index is 13.5. The van der Waals surface area contributed by atoms with E-state index in [2.05, 4.69) is 4.99 Å². The Bertz CT molecular complexity index is 1460. The zero-order chi connectivity index (χ0) is 22.9. The lowest BCUT2D eigenvalue weighted by atomic mass is 10.2. The molecule has 0 bridgehead atoms. The zero-order valence-corrected chi connectivity index (χ0v) is 19.0. The number of nitrogens with zero attached hydrogens (tertiary/aromatic N) is 3. The number of hydrogen-bond acceptors (Lipinski definition) is 4. The van der Waals surface area contributed by atoms with Gasteiger partial charge in [-0.25, -0.2) is 12.8 Å². The van der Waals surface area contributed by atoms with Gasteiger partial charge >= 0.3 is 0 Å². The summed E-state index contributed by atoms with van der Waals surface area (Å²) >= 11 is 1.21. The minimum Gasteiger partial charge on any atom is -0.319 e. The first-order valence-corrected chi connectivity index (χ1v) is 12.0. The SMILES string of the molecule is CN(Cc1ccccc1)S(=O)(=O)c1ccc(C(=O)N=c2sc3cc(F)ccc3n2C)cc1. The molecule has 0 aliphatic heterocycles. The van der Waals surface area contributed by atoms with Gasteiger partial charge in [-0.15, -0.1) is 0 Å². The number of hydrogen-bond donors (Lipinski definition) is 0. The second-order valence-electron chi connectivity index (χ2n) is 7.24. The lowest BCUT2D eigenvalue weighted by Gasteiger charge is -2.17. The largest absolute Gasteiger partial charge is 0.319 e. The molecule has 0 spiro atoms. The van der Waals surface area contributed by atoms with Crippen LogP contribution in [0.3, 0.4) is 0 Å². The normalized spacial score (nSPS) is 12.6. The van der Waals surface area contributed by atoms with Gasteiger partial charge in [0.25, 0.3) is 5.91 Å². The molecule has 1 aromatic heterocycles. The van der Waals surface area contributed by atoms with Crippen molar-refractivity contribution in [2.75, 3.05) is 7.05 Å². The topological polar surface area (TPSA) is 71.7 Å². The number of amides is 1. The van der Waals surface area contributed by atoms with Crippen LogP contribution in [0, 0.1) is 5.82 Å². The van der Waals surface area contributed by atoms with Crippen LogP contribution in [0.15, 0.2) is 82.7 Å². The molecule has 164 valence electrons. The van der Waals surface area contributed by atoms with E-state index in [1.54, 1.807) is 17.7 Å². The van der Waals surface area contributed by atoms with Gasteiger partial charge in [-0.2, -0.15) is 9.30 Å². The second-order valence-corrected chi connectivity index (χ2v) is 10.3. The average molecular weight is 470 g/mol. The number of halogens is 1. The van der Waals surface area contributed by atoms with Crippen molar-refractivity contribution in [2.24, 2.45) is 12.0 Å². The number of carbonyl (C=O) groups excluding carboxylic acids is 1. The van der Waals surface area contributed by atoms with Gasteiger partial charge in [0.2, 0.25) is 10.0 Å². The number of aryl methyl sites for hydroxylation is 1. The molecule has 4 rings (SSSR count). The molecule has 1 heterocycles. The summed E-state index contributed by atoms with van der Waals surface area (Å²) in [4.78, 5) is 17.3. The summed E-state index contributed by atoms with van der Waals surface area (Å²) < 4.78 is 42.9. The Balaban J connectivity index is 1.57. The Labute approximate surface area is 188 Å². The number of sulfonamides is 1. The van der Waals surface area contributed by atoms with Crippen molar-refractivity contribution in [1.29, 1.82) is 0 Å². The number of benzene rings is 3. The van der Waals surface area contributed by atoms with E-state index in [1.807, 2.05) is 30.3 Å². The van der Waals surface area contributed by atoms with Gasteiger partial charge in [0.1, 0.15) is 5.82 Å². The van der Waals surface area contributed by atoms with Crippen molar-refractivity contribution in [3.8, 4) is 0 Å². The van der Waals surface area contributed by atoms with Crippen molar-refractivity contribution in [2.45, 2.75) is 11.4 Å². The molecular formula is C23H20FN3O3S2. The fourth-order valence-corrected chi connectivity index (χ4v) is 5.44. The first-order valence-electron chi connectivity index (χ1n) is 9.70. The van der Waals surface area contributed by atoms with E-state index < -0.39 is 15.9 Å². The van der Waals surface area contributed by atoms with Crippen LogP contribution in [0.5, 0.6) is 0 Å². The van der Waals surface area contributed by atoms with Crippen LogP contribution in [-0.2, 0) is 23.6 Å². The third-order valence-electron chi connectivity index (χ3n) is 5.03. The molecule has 3 aromatic carbocycles. The standard InChI is InChI=1S/C23H20FN3O3S2/c1-26(15-16-6-4-3-5-7-16)32(29,30)19-11-8-17(9-12-19)22(28)25-23-27(2)20-13-10-18(24)14-21(20)31-23/h3-14H,15H2,1-2H3. The van der Waals surface area contributed by atoms with Gasteiger partial charge in [-0.3, -0.25) is 4.79 Å². The molecule has 32 heavy (non-hydrogen) atoms. The number of fused-ring (bicyclic) bond motifs is 1. The van der Waals surface area contributed by atoms with E-state index in [4.69, 9.17) is 0 Å². The summed E-state index contributed by atoms with van der Waals surface area (Å²) in [6, 6.07) is 19.4. The maximum Gasteiger partial charge on any atom is 0.279 e. The zero-order valence-electron chi connectivity index (χ0n) is 17.4. The van der Waals surface area contributed by atoms with Crippen LogP contribution in [0.2, 0.25) is 0 Å². The molecule has 6 nitrogen and oxygen atoms in total. The summed E-state index contributed by atoms with van der Waals surface area (Å²) in [6.45, 7) is 0.238. The first-order chi connectivity index (χ1) is 15.3. The fraction of sp³-hybridized carbons (Fsp3) is 0.130. The molecule has 0 fully saturated rings. The molecule has 4 aromatic rings. The molecular weight excluding hydrogens is 449 g/mol. The predicted octanol–water partition coefficient (Wildman–Crippen LogP) is 3.94. The van der Waals surface area contributed by atoms with E-state index in [9.17, 15) is 17.6 Å². The summed E-state index contributed by atoms with van der Waals surface area (Å²) in [5.41, 5.74) is 1.91. The maximum absolute atomic E-state index is 13.5. The van der Waals surface area contributed by atoms with Gasteiger partial charge in [-0.1, -0.05) is 41.7 Å². The Morgan fingerprint density at radius 3 is 2.44 bits per heavy atom. The summed E-state index contributed by atoms with van der Waals surface area (Å²) in [7, 11) is -0.447. The molecule has 9 heteroatoms. The van der Waals surface area contributed by atoms with Crippen LogP contribution >= 0.6 is 11.3 Å². The van der Waals surface area contributed by atoms with Crippen molar-refractivity contribution in [3.05, 3.63) is 94.5 Å². The summed E-state index contributed by atoms with van der Waals surface area (Å²) in [6.07, 6.45) is 0. The van der Waals surface area contributed by atoms with Gasteiger partial charge in [0.05, 0.1) is 15.1 Å². The predicted molar refractivity (Wildman–Crippen MR) is 122 cm³/mol. The lowest BCUT2D eigenvalue weighted by molar-refractivity contribution is 0.0998.